The van der Waals surface area contributed by atoms with Gasteiger partial charge in [0.25, 0.3) is 11.8 Å². The van der Waals surface area contributed by atoms with Gasteiger partial charge in [-0.05, 0) is 62.8 Å². The maximum absolute atomic E-state index is 14.6. The summed E-state index contributed by atoms with van der Waals surface area (Å²) in [6.45, 7) is 6.97. The Morgan fingerprint density at radius 2 is 1.81 bits per heavy atom. The van der Waals surface area contributed by atoms with Crippen molar-refractivity contribution in [2.75, 3.05) is 26.2 Å². The summed E-state index contributed by atoms with van der Waals surface area (Å²) in [5, 5.41) is 32.6. The summed E-state index contributed by atoms with van der Waals surface area (Å²) < 4.78 is 46.7. The molecule has 1 aliphatic heterocycles. The van der Waals surface area contributed by atoms with Crippen LogP contribution in [-0.2, 0) is 24.0 Å². The lowest BCUT2D eigenvalue weighted by molar-refractivity contribution is -0.145. The lowest BCUT2D eigenvalue weighted by Crippen LogP contribution is -2.59. The van der Waals surface area contributed by atoms with Crippen molar-refractivity contribution in [2.24, 2.45) is 5.41 Å². The van der Waals surface area contributed by atoms with Gasteiger partial charge in [0, 0.05) is 36.4 Å². The first-order valence-electron chi connectivity index (χ1n) is 19.7. The van der Waals surface area contributed by atoms with E-state index in [1.54, 1.807) is 38.4 Å². The van der Waals surface area contributed by atoms with Gasteiger partial charge in [-0.1, -0.05) is 51.8 Å². The zero-order chi connectivity index (χ0) is 43.3. The Morgan fingerprint density at radius 3 is 2.46 bits per heavy atom. The number of hydrogen-bond donors (Lipinski definition) is 6. The van der Waals surface area contributed by atoms with Crippen molar-refractivity contribution in [3.63, 3.8) is 0 Å². The molecule has 2 aliphatic rings. The Bertz CT molecular complexity index is 1850. The Labute approximate surface area is 346 Å². The number of allylic oxidation sites excluding steroid dienone is 2. The van der Waals surface area contributed by atoms with Gasteiger partial charge >= 0.3 is 0 Å². The van der Waals surface area contributed by atoms with Crippen LogP contribution in [0.4, 0.5) is 13.2 Å². The standard InChI is InChI=1S/C41H55F3N6O8S/c1-25-32(59-24-47-25)14-9-11-26(22-51)29(20-33(53)45-17-7-5-6-8-18-46-34(54)23-58-31-13-10-12-28(42)35(31)43)48-37(55)30-19-27(52)21-50(30)38(56)36(40(2,3)4)49-39(57)41(44)15-16-41/h9-14,22,24,27,29-30,33,36,45,52-53H,5-8,15-21,23H2,1-4H3,(H,46,54)(H,48,55)(H,49,57)/b14-9+,26-11+/t27-,29+,30+,33?,36-/m1/s1. The number of carbonyl (C=O) groups excluding carboxylic acids is 5. The van der Waals surface area contributed by atoms with E-state index in [1.807, 2.05) is 6.92 Å². The fraction of sp³-hybridized carbons (Fsp3) is 0.561. The van der Waals surface area contributed by atoms with Gasteiger partial charge in [0.1, 0.15) is 24.6 Å². The first-order valence-corrected chi connectivity index (χ1v) is 20.6. The van der Waals surface area contributed by atoms with Crippen LogP contribution in [0, 0.1) is 24.0 Å². The molecule has 0 bridgehead atoms. The number of aryl methyl sites for hydroxylation is 1. The fourth-order valence-electron chi connectivity index (χ4n) is 6.42. The number of aromatic nitrogens is 1. The summed E-state index contributed by atoms with van der Waals surface area (Å²) in [5.41, 5.74) is -0.311. The number of ether oxygens (including phenoxy) is 1. The highest BCUT2D eigenvalue weighted by Gasteiger charge is 2.53. The van der Waals surface area contributed by atoms with E-state index in [0.29, 0.717) is 32.2 Å². The minimum absolute atomic E-state index is 0.0518. The zero-order valence-electron chi connectivity index (χ0n) is 33.8. The summed E-state index contributed by atoms with van der Waals surface area (Å²) in [6.07, 6.45) is 5.80. The molecule has 2 aromatic rings. The largest absolute Gasteiger partial charge is 0.481 e. The molecule has 59 heavy (non-hydrogen) atoms. The third-order valence-corrected chi connectivity index (χ3v) is 11.0. The van der Waals surface area contributed by atoms with Gasteiger partial charge in [-0.15, -0.1) is 11.3 Å². The molecule has 4 rings (SSSR count). The summed E-state index contributed by atoms with van der Waals surface area (Å²) in [7, 11) is 0. The van der Waals surface area contributed by atoms with E-state index in [-0.39, 0.29) is 43.6 Å². The van der Waals surface area contributed by atoms with E-state index >= 15 is 0 Å². The Morgan fingerprint density at radius 1 is 1.10 bits per heavy atom. The number of alkyl halides is 1. The molecule has 18 heteroatoms. The van der Waals surface area contributed by atoms with Gasteiger partial charge in [0.2, 0.25) is 17.6 Å². The molecule has 2 heterocycles. The van der Waals surface area contributed by atoms with E-state index < -0.39 is 83.4 Å². The van der Waals surface area contributed by atoms with E-state index in [0.717, 1.165) is 29.5 Å². The normalized spacial score (nSPS) is 19.2. The highest BCUT2D eigenvalue weighted by Crippen LogP contribution is 2.40. The van der Waals surface area contributed by atoms with E-state index in [4.69, 9.17) is 4.74 Å². The predicted octanol–water partition coefficient (Wildman–Crippen LogP) is 3.40. The molecule has 1 saturated heterocycles. The molecule has 1 unspecified atom stereocenters. The van der Waals surface area contributed by atoms with Crippen LogP contribution in [0.1, 0.15) is 82.7 Å². The number of amides is 4. The third kappa shape index (κ3) is 14.0. The molecular weight excluding hydrogens is 794 g/mol. The Hall–Kier alpha value is -4.65. The van der Waals surface area contributed by atoms with Gasteiger partial charge in [0.05, 0.1) is 23.4 Å². The van der Waals surface area contributed by atoms with Crippen molar-refractivity contribution < 1.29 is 52.1 Å². The highest BCUT2D eigenvalue weighted by molar-refractivity contribution is 7.10. The first-order chi connectivity index (χ1) is 27.9. The van der Waals surface area contributed by atoms with Gasteiger partial charge in [0.15, 0.2) is 23.8 Å². The lowest BCUT2D eigenvalue weighted by Gasteiger charge is -2.36. The number of nitrogens with one attached hydrogen (secondary N) is 4. The number of aldehydes is 1. The smallest absolute Gasteiger partial charge is 0.258 e. The topological polar surface area (TPSA) is 199 Å². The van der Waals surface area contributed by atoms with Crippen molar-refractivity contribution >= 4 is 47.3 Å². The van der Waals surface area contributed by atoms with Crippen LogP contribution in [0.3, 0.4) is 0 Å². The van der Waals surface area contributed by atoms with Crippen molar-refractivity contribution in [1.29, 1.82) is 0 Å². The maximum atomic E-state index is 14.6. The lowest BCUT2D eigenvalue weighted by atomic mass is 9.85. The quantitative estimate of drug-likeness (QED) is 0.0336. The summed E-state index contributed by atoms with van der Waals surface area (Å²) in [4.78, 5) is 71.3. The highest BCUT2D eigenvalue weighted by atomic mass is 32.1. The molecule has 1 aromatic carbocycles. The van der Waals surface area contributed by atoms with Gasteiger partial charge < -0.3 is 35.8 Å². The number of nitrogens with zero attached hydrogens (tertiary/aromatic N) is 2. The average Bonchev–Trinajstić information content (AvgIpc) is 3.61. The number of thiazole rings is 1. The van der Waals surface area contributed by atoms with Crippen LogP contribution < -0.4 is 26.0 Å². The zero-order valence-corrected chi connectivity index (χ0v) is 34.6. The van der Waals surface area contributed by atoms with E-state index in [2.05, 4.69) is 26.3 Å². The molecule has 0 radical (unpaired) electrons. The molecule has 2 fully saturated rings. The van der Waals surface area contributed by atoms with E-state index in [9.17, 15) is 47.4 Å². The second-order valence-corrected chi connectivity index (χ2v) is 16.8. The molecule has 324 valence electrons. The second-order valence-electron chi connectivity index (χ2n) is 16.0. The Balaban J connectivity index is 1.33. The number of aliphatic hydroxyl groups excluding tert-OH is 2. The van der Waals surface area contributed by atoms with Gasteiger partial charge in [-0.25, -0.2) is 13.8 Å². The molecule has 1 saturated carbocycles. The minimum atomic E-state index is -2.04. The van der Waals surface area contributed by atoms with Crippen LogP contribution in [0.5, 0.6) is 5.75 Å². The number of benzene rings is 1. The molecule has 1 aromatic heterocycles. The van der Waals surface area contributed by atoms with Crippen LogP contribution in [-0.4, -0.2) is 112 Å². The number of unbranched alkanes of at least 4 members (excludes halogenated alkanes) is 3. The molecule has 0 spiro atoms. The third-order valence-electron chi connectivity index (χ3n) is 10.1. The first kappa shape index (κ1) is 47.0. The SMILES string of the molecule is Cc1ncsc1/C=C/C=C(\C=O)[C@H](CC(O)NCCCCCCNC(=O)COc1cccc(F)c1F)NC(=O)[C@@H]1C[C@@H](O)CN1C(=O)[C@@H](NC(=O)C1(F)CC1)C(C)(C)C. The van der Waals surface area contributed by atoms with Crippen molar-refractivity contribution in [1.82, 2.24) is 31.2 Å². The van der Waals surface area contributed by atoms with Crippen LogP contribution in [0.2, 0.25) is 0 Å². The predicted molar refractivity (Wildman–Crippen MR) is 215 cm³/mol. The minimum Gasteiger partial charge on any atom is -0.481 e. The molecule has 6 N–H and O–H groups in total. The van der Waals surface area contributed by atoms with Crippen molar-refractivity contribution in [3.05, 3.63) is 63.6 Å². The molecule has 1 aliphatic carbocycles. The average molecular weight is 849 g/mol. The van der Waals surface area contributed by atoms with Gasteiger partial charge in [-0.3, -0.25) is 29.3 Å². The number of carbonyl (C=O) groups is 5. The number of aliphatic hydroxyl groups is 2. The van der Waals surface area contributed by atoms with Crippen LogP contribution >= 0.6 is 11.3 Å². The molecular formula is C41H55F3N6O8S. The number of β-amino-alcohol motifs (C(OH)–C–C–N with tert-alkyl or cyclic N) is 1. The van der Waals surface area contributed by atoms with Crippen LogP contribution in [0.15, 0.2) is 41.4 Å². The second kappa shape index (κ2) is 21.6. The monoisotopic (exact) mass is 848 g/mol. The number of halogens is 3. The fourth-order valence-corrected chi connectivity index (χ4v) is 7.12. The Kier molecular flexibility index (Phi) is 17.2. The maximum Gasteiger partial charge on any atom is 0.258 e. The van der Waals surface area contributed by atoms with Crippen molar-refractivity contribution in [2.45, 2.75) is 115 Å². The van der Waals surface area contributed by atoms with E-state index in [1.165, 1.54) is 34.4 Å². The van der Waals surface area contributed by atoms with Crippen LogP contribution in [0.25, 0.3) is 6.08 Å². The molecule has 14 nitrogen and oxygen atoms in total. The number of rotatable bonds is 22. The molecule has 5 atom stereocenters. The number of likely N-dealkylation sites (tertiary alicyclic amines) is 1. The summed E-state index contributed by atoms with van der Waals surface area (Å²) in [5.74, 6) is -5.32. The molecule has 4 amide bonds. The summed E-state index contributed by atoms with van der Waals surface area (Å²) >= 11 is 1.40. The number of hydrogen-bond acceptors (Lipinski definition) is 11. The van der Waals surface area contributed by atoms with Crippen molar-refractivity contribution in [3.8, 4) is 5.75 Å². The van der Waals surface area contributed by atoms with Gasteiger partial charge in [-0.2, -0.15) is 4.39 Å². The summed E-state index contributed by atoms with van der Waals surface area (Å²) in [6, 6.07) is 0.0223.